The number of carbonyl (C=O) groups is 4. The van der Waals surface area contributed by atoms with Crippen molar-refractivity contribution in [3.8, 4) is 5.75 Å². The van der Waals surface area contributed by atoms with Crippen LogP contribution in [-0.4, -0.2) is 41.7 Å². The van der Waals surface area contributed by atoms with E-state index in [0.29, 0.717) is 28.3 Å². The summed E-state index contributed by atoms with van der Waals surface area (Å²) in [7, 11) is 1.54. The van der Waals surface area contributed by atoms with Gasteiger partial charge in [0.05, 0.1) is 18.4 Å². The molecule has 0 spiro atoms. The largest absolute Gasteiger partial charge is 0.497 e. The Balaban J connectivity index is 1.44. The zero-order chi connectivity index (χ0) is 29.9. The smallest absolute Gasteiger partial charge is 0.335 e. The van der Waals surface area contributed by atoms with Gasteiger partial charge in [-0.05, 0) is 78.4 Å². The first-order valence-corrected chi connectivity index (χ1v) is 13.7. The Kier molecular flexibility index (Phi) is 10.1. The van der Waals surface area contributed by atoms with Crippen LogP contribution in [0.15, 0.2) is 114 Å². The van der Waals surface area contributed by atoms with Gasteiger partial charge in [-0.25, -0.2) is 4.79 Å². The minimum atomic E-state index is -1.04. The SMILES string of the molecule is COc1cccc(/C=C(\NC(=O)c2ccccc2)C(=O)Nc2cccc(SCC(=O)Nc3ccc(C(=O)O)cc3)c2)c1. The molecular formula is C32H27N3O6S. The number of rotatable bonds is 11. The van der Waals surface area contributed by atoms with Crippen molar-refractivity contribution in [2.24, 2.45) is 0 Å². The highest BCUT2D eigenvalue weighted by atomic mass is 32.2. The topological polar surface area (TPSA) is 134 Å². The van der Waals surface area contributed by atoms with E-state index in [1.165, 1.54) is 36.0 Å². The predicted molar refractivity (Wildman–Crippen MR) is 163 cm³/mol. The second kappa shape index (κ2) is 14.3. The molecule has 4 rings (SSSR count). The highest BCUT2D eigenvalue weighted by molar-refractivity contribution is 8.00. The normalized spacial score (nSPS) is 10.8. The molecule has 0 aliphatic rings. The molecule has 9 nitrogen and oxygen atoms in total. The van der Waals surface area contributed by atoms with Gasteiger partial charge in [-0.15, -0.1) is 11.8 Å². The maximum absolute atomic E-state index is 13.4. The summed E-state index contributed by atoms with van der Waals surface area (Å²) < 4.78 is 5.27. The first kappa shape index (κ1) is 29.6. The van der Waals surface area contributed by atoms with Crippen LogP contribution in [0, 0.1) is 0 Å². The average Bonchev–Trinajstić information content (AvgIpc) is 3.00. The van der Waals surface area contributed by atoms with E-state index < -0.39 is 17.8 Å². The summed E-state index contributed by atoms with van der Waals surface area (Å²) in [6.07, 6.45) is 1.56. The zero-order valence-electron chi connectivity index (χ0n) is 22.5. The van der Waals surface area contributed by atoms with Crippen LogP contribution in [0.5, 0.6) is 5.75 Å². The number of carboxylic acids is 1. The van der Waals surface area contributed by atoms with Crippen molar-refractivity contribution in [3.63, 3.8) is 0 Å². The van der Waals surface area contributed by atoms with Crippen LogP contribution in [0.1, 0.15) is 26.3 Å². The van der Waals surface area contributed by atoms with Crippen molar-refractivity contribution in [2.45, 2.75) is 4.90 Å². The quantitative estimate of drug-likeness (QED) is 0.135. The van der Waals surface area contributed by atoms with Crippen molar-refractivity contribution < 1.29 is 29.0 Å². The third-order valence-electron chi connectivity index (χ3n) is 5.81. The molecule has 4 N–H and O–H groups in total. The molecule has 0 atom stereocenters. The Morgan fingerprint density at radius 3 is 2.24 bits per heavy atom. The molecule has 3 amide bonds. The van der Waals surface area contributed by atoms with Gasteiger partial charge in [0.1, 0.15) is 11.4 Å². The number of nitrogens with one attached hydrogen (secondary N) is 3. The highest BCUT2D eigenvalue weighted by Crippen LogP contribution is 2.23. The third kappa shape index (κ3) is 8.57. The van der Waals surface area contributed by atoms with Crippen LogP contribution in [0.4, 0.5) is 11.4 Å². The number of ether oxygens (including phenoxy) is 1. The van der Waals surface area contributed by atoms with Crippen LogP contribution < -0.4 is 20.7 Å². The Bertz CT molecular complexity index is 1620. The van der Waals surface area contributed by atoms with Crippen molar-refractivity contribution in [3.05, 3.63) is 126 Å². The molecular weight excluding hydrogens is 554 g/mol. The summed E-state index contributed by atoms with van der Waals surface area (Å²) in [6.45, 7) is 0. The number of carbonyl (C=O) groups excluding carboxylic acids is 3. The fourth-order valence-electron chi connectivity index (χ4n) is 3.74. The lowest BCUT2D eigenvalue weighted by atomic mass is 10.1. The van der Waals surface area contributed by atoms with Gasteiger partial charge >= 0.3 is 5.97 Å². The van der Waals surface area contributed by atoms with Gasteiger partial charge in [0.25, 0.3) is 11.8 Å². The van der Waals surface area contributed by atoms with Crippen molar-refractivity contribution in [1.29, 1.82) is 0 Å². The molecule has 0 aliphatic carbocycles. The van der Waals surface area contributed by atoms with Crippen molar-refractivity contribution >= 4 is 52.9 Å². The standard InChI is InChI=1S/C32H27N3O6S/c1-41-26-11-5-7-21(17-26)18-28(35-30(37)22-8-3-2-4-9-22)31(38)34-25-10-6-12-27(19-25)42-20-29(36)33-24-15-13-23(14-16-24)32(39)40/h2-19H,20H2,1H3,(H,33,36)(H,34,38)(H,35,37)(H,39,40)/b28-18-. The molecule has 0 aromatic heterocycles. The molecule has 0 aliphatic heterocycles. The van der Waals surface area contributed by atoms with E-state index in [2.05, 4.69) is 16.0 Å². The third-order valence-corrected chi connectivity index (χ3v) is 6.80. The van der Waals surface area contributed by atoms with E-state index in [0.717, 1.165) is 4.90 Å². The van der Waals surface area contributed by atoms with Crippen molar-refractivity contribution in [1.82, 2.24) is 5.32 Å². The number of amides is 3. The molecule has 10 heteroatoms. The Morgan fingerprint density at radius 2 is 1.52 bits per heavy atom. The molecule has 42 heavy (non-hydrogen) atoms. The van der Waals surface area contributed by atoms with Crippen LogP contribution in [0.3, 0.4) is 0 Å². The van der Waals surface area contributed by atoms with Gasteiger partial charge in [-0.3, -0.25) is 14.4 Å². The molecule has 4 aromatic rings. The molecule has 0 unspecified atom stereocenters. The molecule has 0 saturated carbocycles. The van der Waals surface area contributed by atoms with Gasteiger partial charge < -0.3 is 25.8 Å². The second-order valence-corrected chi connectivity index (χ2v) is 9.90. The lowest BCUT2D eigenvalue weighted by Crippen LogP contribution is -2.30. The first-order valence-electron chi connectivity index (χ1n) is 12.7. The van der Waals surface area contributed by atoms with Crippen LogP contribution in [-0.2, 0) is 9.59 Å². The second-order valence-electron chi connectivity index (χ2n) is 8.86. The Hall–Kier alpha value is -5.35. The van der Waals surface area contributed by atoms with E-state index in [9.17, 15) is 19.2 Å². The Morgan fingerprint density at radius 1 is 0.786 bits per heavy atom. The molecule has 212 valence electrons. The zero-order valence-corrected chi connectivity index (χ0v) is 23.3. The summed E-state index contributed by atoms with van der Waals surface area (Å²) in [5.74, 6) is -1.60. The van der Waals surface area contributed by atoms with E-state index in [1.54, 1.807) is 92.0 Å². The summed E-state index contributed by atoms with van der Waals surface area (Å²) in [5.41, 5.74) is 2.17. The first-order chi connectivity index (χ1) is 20.3. The number of carboxylic acid groups (broad SMARTS) is 1. The minimum Gasteiger partial charge on any atom is -0.497 e. The van der Waals surface area contributed by atoms with E-state index >= 15 is 0 Å². The number of hydrogen-bond donors (Lipinski definition) is 4. The fraction of sp³-hybridized carbons (Fsp3) is 0.0625. The van der Waals surface area contributed by atoms with Crippen LogP contribution >= 0.6 is 11.8 Å². The number of methoxy groups -OCH3 is 1. The molecule has 0 radical (unpaired) electrons. The lowest BCUT2D eigenvalue weighted by molar-refractivity contribution is -0.114. The van der Waals surface area contributed by atoms with E-state index in [4.69, 9.17) is 9.84 Å². The predicted octanol–water partition coefficient (Wildman–Crippen LogP) is 5.53. The fourth-order valence-corrected chi connectivity index (χ4v) is 4.50. The summed E-state index contributed by atoms with van der Waals surface area (Å²) >= 11 is 1.26. The molecule has 4 aromatic carbocycles. The number of thioether (sulfide) groups is 1. The summed E-state index contributed by atoms with van der Waals surface area (Å²) in [4.78, 5) is 50.4. The maximum atomic E-state index is 13.4. The maximum Gasteiger partial charge on any atom is 0.335 e. The van der Waals surface area contributed by atoms with Crippen molar-refractivity contribution in [2.75, 3.05) is 23.5 Å². The molecule has 0 bridgehead atoms. The Labute approximate surface area is 246 Å². The van der Waals surface area contributed by atoms with Gasteiger partial charge in [0, 0.05) is 21.8 Å². The van der Waals surface area contributed by atoms with Gasteiger partial charge in [-0.2, -0.15) is 0 Å². The molecule has 0 saturated heterocycles. The number of anilines is 2. The van der Waals surface area contributed by atoms with Crippen LogP contribution in [0.25, 0.3) is 6.08 Å². The number of benzene rings is 4. The number of aromatic carboxylic acids is 1. The van der Waals surface area contributed by atoms with Crippen LogP contribution in [0.2, 0.25) is 0 Å². The minimum absolute atomic E-state index is 0.0310. The van der Waals surface area contributed by atoms with E-state index in [-0.39, 0.29) is 22.9 Å². The summed E-state index contributed by atoms with van der Waals surface area (Å²) in [5, 5.41) is 17.2. The molecule has 0 fully saturated rings. The summed E-state index contributed by atoms with van der Waals surface area (Å²) in [6, 6.07) is 28.5. The molecule has 0 heterocycles. The van der Waals surface area contributed by atoms with Gasteiger partial charge in [-0.1, -0.05) is 36.4 Å². The monoisotopic (exact) mass is 581 g/mol. The highest BCUT2D eigenvalue weighted by Gasteiger charge is 2.16. The number of hydrogen-bond acceptors (Lipinski definition) is 6. The average molecular weight is 582 g/mol. The van der Waals surface area contributed by atoms with Gasteiger partial charge in [0.15, 0.2) is 0 Å². The van der Waals surface area contributed by atoms with E-state index in [1.807, 2.05) is 0 Å². The lowest BCUT2D eigenvalue weighted by Gasteiger charge is -2.12. The van der Waals surface area contributed by atoms with Gasteiger partial charge in [0.2, 0.25) is 5.91 Å².